The quantitative estimate of drug-likeness (QED) is 0.278. The van der Waals surface area contributed by atoms with Gasteiger partial charge in [0.2, 0.25) is 0 Å². The molecule has 2 rings (SSSR count). The monoisotopic (exact) mass is 390 g/mol. The zero-order valence-corrected chi connectivity index (χ0v) is 18.8. The Morgan fingerprint density at radius 1 is 0.833 bits per heavy atom. The Labute approximate surface area is 190 Å². The van der Waals surface area contributed by atoms with Crippen LogP contribution in [-0.2, 0) is 22.4 Å². The molecule has 0 bridgehead atoms. The molecule has 0 unspecified atom stereocenters. The van der Waals surface area contributed by atoms with Gasteiger partial charge in [-0.2, -0.15) is 10.2 Å². The first kappa shape index (κ1) is 25.9. The first-order chi connectivity index (χ1) is 10.4. The molecule has 2 aromatic rings. The summed E-state index contributed by atoms with van der Waals surface area (Å²) in [6, 6.07) is 0. The van der Waals surface area contributed by atoms with Crippen molar-refractivity contribution in [1.82, 2.24) is 30.8 Å². The number of nitrogens with one attached hydrogen (secondary N) is 4. The normalized spacial score (nSPS) is 9.00. The van der Waals surface area contributed by atoms with Gasteiger partial charge in [-0.25, -0.2) is 10.4 Å². The molecule has 0 aromatic carbocycles. The average Bonchev–Trinajstić information content (AvgIpc) is 3.03. The number of nitrogens with zero attached hydrogens (tertiary/aromatic N) is 2. The van der Waals surface area contributed by atoms with Crippen LogP contribution in [0.5, 0.6) is 0 Å². The van der Waals surface area contributed by atoms with E-state index in [0.29, 0.717) is 33.5 Å². The van der Waals surface area contributed by atoms with Crippen LogP contribution in [0, 0.1) is 9.28 Å². The van der Waals surface area contributed by atoms with E-state index in [1.165, 1.54) is 0 Å². The summed E-state index contributed by atoms with van der Waals surface area (Å²) in [6.45, 7) is 0. The first-order valence-electron chi connectivity index (χ1n) is 6.03. The maximum atomic E-state index is 10.0. The number of hydrogen-bond acceptors (Lipinski definition) is 8. The number of carboxylic acid groups (broad SMARTS) is 2. The summed E-state index contributed by atoms with van der Waals surface area (Å²) in [5, 5.41) is 37.4. The number of H-pyrrole nitrogens is 4. The Hall–Kier alpha value is -0.340. The fraction of sp³-hybridized carbons (Fsp3) is 0.400. The van der Waals surface area contributed by atoms with Crippen molar-refractivity contribution >= 4 is 36.4 Å². The zero-order chi connectivity index (χ0) is 16.5. The second-order valence-corrected chi connectivity index (χ2v) is 4.81. The maximum absolute atomic E-state index is 10.0. The van der Waals surface area contributed by atoms with Crippen molar-refractivity contribution in [2.75, 3.05) is 0 Å². The molecule has 4 N–H and O–H groups in total. The molecule has 0 amide bonds. The van der Waals surface area contributed by atoms with Crippen LogP contribution >= 0.6 is 24.4 Å². The molecule has 120 valence electrons. The van der Waals surface area contributed by atoms with Crippen LogP contribution in [0.25, 0.3) is 0 Å². The van der Waals surface area contributed by atoms with Crippen LogP contribution in [0.2, 0.25) is 0 Å². The molecule has 0 aliphatic rings. The second-order valence-electron chi connectivity index (χ2n) is 3.99. The third-order valence-corrected chi connectivity index (χ3v) is 3.05. The van der Waals surface area contributed by atoms with Gasteiger partial charge in [0.25, 0.3) is 0 Å². The molecular formula is C10H12N6Na2O4S2. The summed E-state index contributed by atoms with van der Waals surface area (Å²) in [4.78, 5) is 20.0. The summed E-state index contributed by atoms with van der Waals surface area (Å²) < 4.78 is 0.900. The molecular weight excluding hydrogens is 378 g/mol. The fourth-order valence-corrected chi connectivity index (χ4v) is 1.70. The van der Waals surface area contributed by atoms with Crippen molar-refractivity contribution in [1.29, 1.82) is 0 Å². The average molecular weight is 390 g/mol. The van der Waals surface area contributed by atoms with E-state index in [-0.39, 0.29) is 72.0 Å². The van der Waals surface area contributed by atoms with Gasteiger partial charge in [-0.3, -0.25) is 10.2 Å². The van der Waals surface area contributed by atoms with Gasteiger partial charge in [-0.1, -0.05) is 24.4 Å². The van der Waals surface area contributed by atoms with Crippen molar-refractivity contribution < 1.29 is 78.9 Å². The van der Waals surface area contributed by atoms with Crippen molar-refractivity contribution in [3.63, 3.8) is 0 Å². The number of carboxylic acids is 2. The van der Waals surface area contributed by atoms with E-state index in [2.05, 4.69) is 30.8 Å². The van der Waals surface area contributed by atoms with Gasteiger partial charge in [0.15, 0.2) is 0 Å². The van der Waals surface area contributed by atoms with E-state index < -0.39 is 11.9 Å². The van der Waals surface area contributed by atoms with Crippen LogP contribution in [0.4, 0.5) is 0 Å². The number of aromatic amines is 4. The van der Waals surface area contributed by atoms with Crippen molar-refractivity contribution in [3.05, 3.63) is 20.7 Å². The van der Waals surface area contributed by atoms with Crippen LogP contribution in [0.15, 0.2) is 0 Å². The van der Waals surface area contributed by atoms with E-state index in [0.717, 1.165) is 0 Å². The molecule has 10 nitrogen and oxygen atoms in total. The number of aliphatic carboxylic acids is 2. The first-order valence-corrected chi connectivity index (χ1v) is 6.85. The summed E-state index contributed by atoms with van der Waals surface area (Å²) in [5.74, 6) is -2.19. The molecule has 2 aromatic heterocycles. The van der Waals surface area contributed by atoms with Crippen molar-refractivity contribution in [2.45, 2.75) is 25.7 Å². The number of rotatable bonds is 6. The molecule has 0 aliphatic carbocycles. The number of hydrogen-bond donors (Lipinski definition) is 4. The Bertz CT molecular complexity index is 678. The topological polar surface area (TPSA) is 169 Å². The number of aromatic nitrogens is 6. The smallest absolute Gasteiger partial charge is 0.550 e. The van der Waals surface area contributed by atoms with E-state index in [9.17, 15) is 19.8 Å². The molecule has 14 heteroatoms. The minimum absolute atomic E-state index is 0. The number of carbonyl (C=O) groups is 2. The van der Waals surface area contributed by atoms with Crippen LogP contribution in [0.1, 0.15) is 24.2 Å². The van der Waals surface area contributed by atoms with Gasteiger partial charge in [-0.15, -0.1) is 0 Å². The number of aryl methyl sites for hydroxylation is 2. The summed E-state index contributed by atoms with van der Waals surface area (Å²) in [6.07, 6.45) is 0.507. The molecule has 2 heterocycles. The molecule has 0 spiro atoms. The van der Waals surface area contributed by atoms with Gasteiger partial charge < -0.3 is 19.8 Å². The van der Waals surface area contributed by atoms with E-state index in [1.807, 2.05) is 0 Å². The largest absolute Gasteiger partial charge is 1.00 e. The standard InChI is InChI=1S/2C5H7N3O2S.2Na/c2*9-4(10)2-1-3-5(11)7-8-6-3;;/h2*1-2H2,(H,9,10)(H2,6,7,8,11);;/q;;2*+1/p-2. The van der Waals surface area contributed by atoms with Crippen molar-refractivity contribution in [3.8, 4) is 0 Å². The Balaban J connectivity index is 0. The van der Waals surface area contributed by atoms with Gasteiger partial charge in [0.05, 0.1) is 11.4 Å². The minimum atomic E-state index is -1.10. The Morgan fingerprint density at radius 3 is 1.38 bits per heavy atom. The zero-order valence-electron chi connectivity index (χ0n) is 13.2. The molecule has 0 radical (unpaired) electrons. The molecule has 0 aliphatic heterocycles. The van der Waals surface area contributed by atoms with Crippen LogP contribution in [-0.4, -0.2) is 42.8 Å². The van der Waals surface area contributed by atoms with Gasteiger partial charge in [0, 0.05) is 11.9 Å². The third kappa shape index (κ3) is 10.5. The molecule has 24 heavy (non-hydrogen) atoms. The molecule has 0 fully saturated rings. The maximum Gasteiger partial charge on any atom is 1.00 e. The molecule has 0 saturated carbocycles. The molecule has 0 atom stereocenters. The van der Waals surface area contributed by atoms with Crippen molar-refractivity contribution in [2.24, 2.45) is 0 Å². The summed E-state index contributed by atoms with van der Waals surface area (Å²) in [7, 11) is 0. The minimum Gasteiger partial charge on any atom is -0.550 e. The SMILES string of the molecule is O=C([O-])CCc1n[nH][nH]c1=S.O=C([O-])CCc1n[nH][nH]c1=S.[Na+].[Na+]. The summed E-state index contributed by atoms with van der Waals surface area (Å²) in [5.41, 5.74) is 1.12. The van der Waals surface area contributed by atoms with E-state index in [1.54, 1.807) is 0 Å². The fourth-order valence-electron chi connectivity index (χ4n) is 1.32. The number of carbonyl (C=O) groups excluding carboxylic acids is 2. The predicted molar refractivity (Wildman–Crippen MR) is 74.2 cm³/mol. The van der Waals surface area contributed by atoms with E-state index in [4.69, 9.17) is 24.4 Å². The third-order valence-electron chi connectivity index (χ3n) is 2.38. The van der Waals surface area contributed by atoms with Gasteiger partial charge >= 0.3 is 59.1 Å². The summed E-state index contributed by atoms with van der Waals surface area (Å²) >= 11 is 9.55. The van der Waals surface area contributed by atoms with E-state index >= 15 is 0 Å². The van der Waals surface area contributed by atoms with Crippen LogP contribution in [0.3, 0.4) is 0 Å². The predicted octanol–water partition coefficient (Wildman–Crippen LogP) is -7.69. The second kappa shape index (κ2) is 13.9. The Kier molecular flexibility index (Phi) is 15.0. The van der Waals surface area contributed by atoms with Crippen LogP contribution < -0.4 is 69.3 Å². The molecule has 0 saturated heterocycles. The Morgan fingerprint density at radius 2 is 1.17 bits per heavy atom. The van der Waals surface area contributed by atoms with Gasteiger partial charge in [-0.05, 0) is 25.7 Å². The van der Waals surface area contributed by atoms with Gasteiger partial charge in [0.1, 0.15) is 9.28 Å².